The van der Waals surface area contributed by atoms with Gasteiger partial charge in [0.15, 0.2) is 0 Å². The van der Waals surface area contributed by atoms with Crippen LogP contribution in [0.5, 0.6) is 5.75 Å². The second kappa shape index (κ2) is 9.27. The van der Waals surface area contributed by atoms with Gasteiger partial charge in [-0.15, -0.1) is 11.8 Å². The molecule has 5 heteroatoms. The molecule has 3 rings (SSSR count). The molecule has 5 atom stereocenters. The molecule has 1 aliphatic heterocycles. The van der Waals surface area contributed by atoms with Gasteiger partial charge < -0.3 is 20.1 Å². The molecule has 0 bridgehead atoms. The van der Waals surface area contributed by atoms with Crippen molar-refractivity contribution in [1.29, 1.82) is 0 Å². The number of carbonyl (C=O) groups is 1. The summed E-state index contributed by atoms with van der Waals surface area (Å²) in [6.45, 7) is 1.78. The number of aliphatic carboxylic acids is 1. The molecule has 1 aliphatic carbocycles. The zero-order chi connectivity index (χ0) is 20.1. The standard InChI is InChI=1S/C23H28O5/c1-2-3-4-9-16(24)12-13-17-19(25)14-20-22(17)18-10-5-7-15(23(18)28-20)8-6-11-21(26)27/h5,7,10,12-13,16-17,19-20,22,24-25H,4,6,8-9,11,14H2,1H3,(H,26,27)/b13-12+/t16-,17?,19+,20-,22-/m0/s1. The van der Waals surface area contributed by atoms with Crippen molar-refractivity contribution in [3.8, 4) is 17.6 Å². The molecule has 0 saturated heterocycles. The van der Waals surface area contributed by atoms with Crippen LogP contribution in [0.4, 0.5) is 0 Å². The Labute approximate surface area is 166 Å². The van der Waals surface area contributed by atoms with Crippen LogP contribution in [0.25, 0.3) is 0 Å². The molecule has 1 aromatic carbocycles. The second-order valence-electron chi connectivity index (χ2n) is 7.56. The van der Waals surface area contributed by atoms with Gasteiger partial charge in [-0.05, 0) is 31.7 Å². The van der Waals surface area contributed by atoms with E-state index in [2.05, 4.69) is 11.8 Å². The van der Waals surface area contributed by atoms with Crippen molar-refractivity contribution in [2.24, 2.45) is 5.92 Å². The fourth-order valence-corrected chi connectivity index (χ4v) is 4.29. The first-order valence-corrected chi connectivity index (χ1v) is 9.95. The monoisotopic (exact) mass is 384 g/mol. The molecule has 2 aliphatic rings. The Kier molecular flexibility index (Phi) is 6.77. The summed E-state index contributed by atoms with van der Waals surface area (Å²) in [7, 11) is 0. The Morgan fingerprint density at radius 1 is 1.43 bits per heavy atom. The van der Waals surface area contributed by atoms with Crippen LogP contribution >= 0.6 is 0 Å². The zero-order valence-electron chi connectivity index (χ0n) is 16.2. The Morgan fingerprint density at radius 2 is 2.25 bits per heavy atom. The lowest BCUT2D eigenvalue weighted by molar-refractivity contribution is -0.137. The molecule has 0 amide bonds. The molecule has 150 valence electrons. The van der Waals surface area contributed by atoms with E-state index in [1.807, 2.05) is 24.3 Å². The number of benzene rings is 1. The van der Waals surface area contributed by atoms with Crippen molar-refractivity contribution in [3.05, 3.63) is 41.5 Å². The summed E-state index contributed by atoms with van der Waals surface area (Å²) in [5.74, 6) is 5.78. The van der Waals surface area contributed by atoms with E-state index in [0.717, 1.165) is 16.9 Å². The number of para-hydroxylation sites is 1. The van der Waals surface area contributed by atoms with Crippen LogP contribution in [0.2, 0.25) is 0 Å². The van der Waals surface area contributed by atoms with Crippen LogP contribution in [0, 0.1) is 17.8 Å². The lowest BCUT2D eigenvalue weighted by Crippen LogP contribution is -2.17. The molecule has 0 aromatic heterocycles. The predicted octanol–water partition coefficient (Wildman–Crippen LogP) is 3.04. The second-order valence-corrected chi connectivity index (χ2v) is 7.56. The van der Waals surface area contributed by atoms with Crippen molar-refractivity contribution >= 4 is 5.97 Å². The van der Waals surface area contributed by atoms with Crippen LogP contribution in [0.15, 0.2) is 30.4 Å². The van der Waals surface area contributed by atoms with Crippen LogP contribution in [0.3, 0.4) is 0 Å². The average molecular weight is 384 g/mol. The first-order valence-electron chi connectivity index (χ1n) is 9.95. The molecule has 5 nitrogen and oxygen atoms in total. The highest BCUT2D eigenvalue weighted by Crippen LogP contribution is 2.52. The van der Waals surface area contributed by atoms with Gasteiger partial charge in [0.1, 0.15) is 11.9 Å². The minimum absolute atomic E-state index is 0.0586. The van der Waals surface area contributed by atoms with Crippen LogP contribution in [-0.2, 0) is 11.2 Å². The third kappa shape index (κ3) is 4.57. The van der Waals surface area contributed by atoms with E-state index in [0.29, 0.717) is 32.1 Å². The maximum absolute atomic E-state index is 10.8. The summed E-state index contributed by atoms with van der Waals surface area (Å²) < 4.78 is 6.18. The molecular formula is C23H28O5. The van der Waals surface area contributed by atoms with E-state index in [4.69, 9.17) is 9.84 Å². The number of aliphatic hydroxyl groups is 2. The summed E-state index contributed by atoms with van der Waals surface area (Å²) >= 11 is 0. The van der Waals surface area contributed by atoms with Gasteiger partial charge in [-0.1, -0.05) is 30.4 Å². The fraction of sp³-hybridized carbons (Fsp3) is 0.522. The number of rotatable bonds is 8. The zero-order valence-corrected chi connectivity index (χ0v) is 16.2. The number of carboxylic acid groups (broad SMARTS) is 1. The third-order valence-electron chi connectivity index (χ3n) is 5.62. The Bertz CT molecular complexity index is 788. The minimum atomic E-state index is -0.790. The average Bonchev–Trinajstić information content (AvgIpc) is 3.15. The normalized spacial score (nSPS) is 26.2. The number of carboxylic acids is 1. The number of fused-ring (bicyclic) bond motifs is 3. The summed E-state index contributed by atoms with van der Waals surface area (Å²) in [6.07, 6.45) is 5.69. The lowest BCUT2D eigenvalue weighted by Gasteiger charge is -2.18. The number of aliphatic hydroxyl groups excluding tert-OH is 2. The molecule has 3 N–H and O–H groups in total. The number of ether oxygens (including phenoxy) is 1. The van der Waals surface area contributed by atoms with E-state index in [-0.39, 0.29) is 24.4 Å². The summed E-state index contributed by atoms with van der Waals surface area (Å²) in [5.41, 5.74) is 2.11. The highest BCUT2D eigenvalue weighted by Gasteiger charge is 2.48. The van der Waals surface area contributed by atoms with Gasteiger partial charge in [-0.3, -0.25) is 4.79 Å². The molecule has 1 heterocycles. The lowest BCUT2D eigenvalue weighted by atomic mass is 9.86. The molecular weight excluding hydrogens is 356 g/mol. The molecule has 28 heavy (non-hydrogen) atoms. The number of hydrogen-bond donors (Lipinski definition) is 3. The maximum Gasteiger partial charge on any atom is 0.303 e. The molecule has 1 unspecified atom stereocenters. The van der Waals surface area contributed by atoms with Crippen molar-refractivity contribution in [2.75, 3.05) is 0 Å². The Hall–Kier alpha value is -2.29. The number of aryl methyl sites for hydroxylation is 1. The molecule has 0 radical (unpaired) electrons. The van der Waals surface area contributed by atoms with Crippen LogP contribution in [-0.4, -0.2) is 39.6 Å². The van der Waals surface area contributed by atoms with Crippen molar-refractivity contribution in [3.63, 3.8) is 0 Å². The van der Waals surface area contributed by atoms with Crippen molar-refractivity contribution < 1.29 is 24.9 Å². The van der Waals surface area contributed by atoms with E-state index >= 15 is 0 Å². The third-order valence-corrected chi connectivity index (χ3v) is 5.62. The summed E-state index contributed by atoms with van der Waals surface area (Å²) in [5, 5.41) is 29.5. The van der Waals surface area contributed by atoms with E-state index in [1.165, 1.54) is 0 Å². The van der Waals surface area contributed by atoms with Gasteiger partial charge in [-0.25, -0.2) is 0 Å². The molecule has 0 spiro atoms. The van der Waals surface area contributed by atoms with Crippen molar-refractivity contribution in [2.45, 2.75) is 69.7 Å². The highest BCUT2D eigenvalue weighted by molar-refractivity contribution is 5.66. The summed E-state index contributed by atoms with van der Waals surface area (Å²) in [4.78, 5) is 10.8. The van der Waals surface area contributed by atoms with Gasteiger partial charge >= 0.3 is 5.97 Å². The maximum atomic E-state index is 10.8. The SMILES string of the molecule is CC#CCC[C@H](O)/C=C/C1[C@H](O)C[C@@H]2Oc3c(CCCC(=O)O)cccc3[C@H]12. The Balaban J connectivity index is 1.73. The van der Waals surface area contributed by atoms with E-state index in [9.17, 15) is 15.0 Å². The quantitative estimate of drug-likeness (QED) is 0.474. The number of hydrogen-bond acceptors (Lipinski definition) is 4. The van der Waals surface area contributed by atoms with Crippen LogP contribution in [0.1, 0.15) is 56.1 Å². The molecule has 1 saturated carbocycles. The van der Waals surface area contributed by atoms with Gasteiger partial charge in [0.2, 0.25) is 0 Å². The smallest absolute Gasteiger partial charge is 0.303 e. The summed E-state index contributed by atoms with van der Waals surface area (Å²) in [6, 6.07) is 6.00. The first kappa shape index (κ1) is 20.4. The van der Waals surface area contributed by atoms with E-state index in [1.54, 1.807) is 13.0 Å². The highest BCUT2D eigenvalue weighted by atomic mass is 16.5. The molecule has 1 fully saturated rings. The fourth-order valence-electron chi connectivity index (χ4n) is 4.29. The van der Waals surface area contributed by atoms with Gasteiger partial charge in [-0.2, -0.15) is 0 Å². The first-order chi connectivity index (χ1) is 13.5. The Morgan fingerprint density at radius 3 is 3.00 bits per heavy atom. The largest absolute Gasteiger partial charge is 0.489 e. The van der Waals surface area contributed by atoms with Crippen molar-refractivity contribution in [1.82, 2.24) is 0 Å². The van der Waals surface area contributed by atoms with Crippen LogP contribution < -0.4 is 4.74 Å². The minimum Gasteiger partial charge on any atom is -0.489 e. The van der Waals surface area contributed by atoms with Gasteiger partial charge in [0, 0.05) is 36.7 Å². The van der Waals surface area contributed by atoms with Gasteiger partial charge in [0.05, 0.1) is 12.2 Å². The van der Waals surface area contributed by atoms with E-state index < -0.39 is 18.2 Å². The topological polar surface area (TPSA) is 87.0 Å². The van der Waals surface area contributed by atoms with Gasteiger partial charge in [0.25, 0.3) is 0 Å². The predicted molar refractivity (Wildman–Crippen MR) is 106 cm³/mol. The molecule has 1 aromatic rings.